The van der Waals surface area contributed by atoms with Crippen LogP contribution < -0.4 is 0 Å². The standard InChI is InChI=1S/C23H15N2O.C15H16N.Ir/c1-2-5-16(6-3-1)13-17-8-11-24-21(14-17)20-15-18-9-12-26-23(18)22-19(20)7-4-10-25-22;1-10-5-6-14(7-11(10)2)15-8-12(3)13(4)9-16-15;/h1-12,14H,13H2;5,7-9H,1-4H3;/q2*-1;. The van der Waals surface area contributed by atoms with Crippen LogP contribution in [0, 0.1) is 39.8 Å². The van der Waals surface area contributed by atoms with Crippen molar-refractivity contribution in [1.82, 2.24) is 15.0 Å². The van der Waals surface area contributed by atoms with Crippen molar-refractivity contribution in [3.63, 3.8) is 0 Å². The third-order valence-corrected chi connectivity index (χ3v) is 7.62. The number of aromatic nitrogens is 3. The molecular formula is C38H31IrN3O-2. The number of furan rings is 1. The second-order valence-electron chi connectivity index (χ2n) is 10.6. The van der Waals surface area contributed by atoms with Crippen molar-refractivity contribution in [3.8, 4) is 22.5 Å². The van der Waals surface area contributed by atoms with Crippen molar-refractivity contribution in [2.45, 2.75) is 34.1 Å². The Bertz CT molecular complexity index is 1960. The van der Waals surface area contributed by atoms with Crippen LogP contribution >= 0.6 is 0 Å². The summed E-state index contributed by atoms with van der Waals surface area (Å²) < 4.78 is 5.61. The third-order valence-electron chi connectivity index (χ3n) is 7.62. The smallest absolute Gasteiger partial charge is 0.0847 e. The van der Waals surface area contributed by atoms with Gasteiger partial charge in [0, 0.05) is 56.2 Å². The molecule has 43 heavy (non-hydrogen) atoms. The van der Waals surface area contributed by atoms with E-state index < -0.39 is 0 Å². The van der Waals surface area contributed by atoms with Gasteiger partial charge in [-0.2, -0.15) is 0 Å². The number of benzene rings is 3. The predicted octanol–water partition coefficient (Wildman–Crippen LogP) is 9.21. The van der Waals surface area contributed by atoms with Gasteiger partial charge in [0.1, 0.15) is 0 Å². The minimum atomic E-state index is 0. The summed E-state index contributed by atoms with van der Waals surface area (Å²) >= 11 is 0. The van der Waals surface area contributed by atoms with Crippen LogP contribution in [0.5, 0.6) is 0 Å². The molecular weight excluding hydrogens is 707 g/mol. The van der Waals surface area contributed by atoms with E-state index in [1.165, 1.54) is 33.4 Å². The third kappa shape index (κ3) is 6.64. The van der Waals surface area contributed by atoms with Gasteiger partial charge in [-0.15, -0.1) is 41.0 Å². The first kappa shape index (κ1) is 30.0. The molecule has 0 aliphatic rings. The van der Waals surface area contributed by atoms with E-state index >= 15 is 0 Å². The summed E-state index contributed by atoms with van der Waals surface area (Å²) in [5.41, 5.74) is 13.1. The van der Waals surface area contributed by atoms with Crippen LogP contribution in [0.25, 0.3) is 44.4 Å². The molecule has 1 radical (unpaired) electrons. The van der Waals surface area contributed by atoms with E-state index in [0.29, 0.717) is 0 Å². The van der Waals surface area contributed by atoms with E-state index in [9.17, 15) is 0 Å². The minimum absolute atomic E-state index is 0. The van der Waals surface area contributed by atoms with Crippen LogP contribution in [0.3, 0.4) is 0 Å². The van der Waals surface area contributed by atoms with Gasteiger partial charge >= 0.3 is 0 Å². The molecule has 0 amide bonds. The molecule has 0 spiro atoms. The zero-order valence-electron chi connectivity index (χ0n) is 24.6. The monoisotopic (exact) mass is 738 g/mol. The number of rotatable bonds is 4. The van der Waals surface area contributed by atoms with E-state index in [1.807, 2.05) is 42.7 Å². The molecule has 7 rings (SSSR count). The van der Waals surface area contributed by atoms with Crippen LogP contribution in [-0.2, 0) is 26.5 Å². The summed E-state index contributed by atoms with van der Waals surface area (Å²) in [5.74, 6) is 0. The molecule has 0 aliphatic carbocycles. The van der Waals surface area contributed by atoms with Crippen LogP contribution in [0.15, 0.2) is 108 Å². The van der Waals surface area contributed by atoms with Gasteiger partial charge in [-0.1, -0.05) is 96.4 Å². The summed E-state index contributed by atoms with van der Waals surface area (Å²) in [4.78, 5) is 13.6. The molecule has 0 saturated carbocycles. The van der Waals surface area contributed by atoms with Gasteiger partial charge in [0.25, 0.3) is 0 Å². The summed E-state index contributed by atoms with van der Waals surface area (Å²) in [6, 6.07) is 33.6. The van der Waals surface area contributed by atoms with Crippen molar-refractivity contribution in [2.75, 3.05) is 0 Å². The summed E-state index contributed by atoms with van der Waals surface area (Å²) in [6.07, 6.45) is 8.13. The van der Waals surface area contributed by atoms with Gasteiger partial charge < -0.3 is 9.40 Å². The van der Waals surface area contributed by atoms with Gasteiger partial charge in [0.05, 0.1) is 5.58 Å². The first-order valence-corrected chi connectivity index (χ1v) is 14.1. The minimum Gasteiger partial charge on any atom is -0.506 e. The fraction of sp³-hybridized carbons (Fsp3) is 0.132. The second-order valence-corrected chi connectivity index (χ2v) is 10.6. The Morgan fingerprint density at radius 2 is 1.51 bits per heavy atom. The van der Waals surface area contributed by atoms with Gasteiger partial charge in [0.15, 0.2) is 0 Å². The van der Waals surface area contributed by atoms with E-state index in [-0.39, 0.29) is 20.1 Å². The van der Waals surface area contributed by atoms with Gasteiger partial charge in [-0.05, 0) is 48.7 Å². The topological polar surface area (TPSA) is 51.8 Å². The average Bonchev–Trinajstić information content (AvgIpc) is 3.50. The van der Waals surface area contributed by atoms with E-state index in [2.05, 4.69) is 103 Å². The number of hydrogen-bond acceptors (Lipinski definition) is 4. The van der Waals surface area contributed by atoms with E-state index in [0.717, 1.165) is 50.8 Å². The van der Waals surface area contributed by atoms with Gasteiger partial charge in [-0.25, -0.2) is 0 Å². The molecule has 4 nitrogen and oxygen atoms in total. The molecule has 4 aromatic heterocycles. The molecule has 215 valence electrons. The molecule has 0 bridgehead atoms. The number of aryl methyl sites for hydroxylation is 4. The Balaban J connectivity index is 0.000000188. The first-order valence-electron chi connectivity index (χ1n) is 14.1. The molecule has 4 heterocycles. The van der Waals surface area contributed by atoms with Crippen molar-refractivity contribution >= 4 is 21.9 Å². The molecule has 0 fully saturated rings. The summed E-state index contributed by atoms with van der Waals surface area (Å²) in [6.45, 7) is 8.41. The van der Waals surface area contributed by atoms with Crippen LogP contribution in [0.2, 0.25) is 0 Å². The first-order chi connectivity index (χ1) is 20.5. The molecule has 0 N–H and O–H groups in total. The number of nitrogens with zero attached hydrogens (tertiary/aromatic N) is 3. The Morgan fingerprint density at radius 1 is 0.698 bits per heavy atom. The molecule has 3 aromatic carbocycles. The number of hydrogen-bond donors (Lipinski definition) is 0. The zero-order chi connectivity index (χ0) is 29.1. The molecule has 0 aliphatic heterocycles. The van der Waals surface area contributed by atoms with E-state index in [1.54, 1.807) is 12.5 Å². The zero-order valence-corrected chi connectivity index (χ0v) is 27.0. The predicted molar refractivity (Wildman–Crippen MR) is 170 cm³/mol. The maximum absolute atomic E-state index is 5.61. The Morgan fingerprint density at radius 3 is 2.30 bits per heavy atom. The maximum Gasteiger partial charge on any atom is 0.0847 e. The second kappa shape index (κ2) is 13.2. The average molecular weight is 738 g/mol. The fourth-order valence-electron chi connectivity index (χ4n) is 4.93. The Hall–Kier alpha value is -4.44. The Labute approximate surface area is 266 Å². The van der Waals surface area contributed by atoms with Crippen LogP contribution in [-0.4, -0.2) is 15.0 Å². The van der Waals surface area contributed by atoms with Crippen LogP contribution in [0.1, 0.15) is 33.4 Å². The number of fused-ring (bicyclic) bond motifs is 3. The van der Waals surface area contributed by atoms with Gasteiger partial charge in [0.2, 0.25) is 0 Å². The fourth-order valence-corrected chi connectivity index (χ4v) is 4.93. The Kier molecular flexibility index (Phi) is 9.25. The van der Waals surface area contributed by atoms with Crippen molar-refractivity contribution in [2.24, 2.45) is 0 Å². The molecule has 0 atom stereocenters. The molecule has 0 unspecified atom stereocenters. The van der Waals surface area contributed by atoms with Gasteiger partial charge in [-0.3, -0.25) is 9.97 Å². The largest absolute Gasteiger partial charge is 0.506 e. The summed E-state index contributed by atoms with van der Waals surface area (Å²) in [5, 5.41) is 1.92. The number of pyridine rings is 3. The van der Waals surface area contributed by atoms with Crippen molar-refractivity contribution < 1.29 is 24.5 Å². The SMILES string of the molecule is Cc1c[c-]c(-c2cc(C)c(C)cn2)cc1C.[Ir].[c-]1c(-c2cc(Cc3ccccc3)ccn2)c2cccnc2c2occc12. The molecule has 0 saturated heterocycles. The van der Waals surface area contributed by atoms with Crippen molar-refractivity contribution in [3.05, 3.63) is 149 Å². The normalized spacial score (nSPS) is 10.7. The maximum atomic E-state index is 5.61. The summed E-state index contributed by atoms with van der Waals surface area (Å²) in [7, 11) is 0. The van der Waals surface area contributed by atoms with Crippen LogP contribution in [0.4, 0.5) is 0 Å². The molecule has 7 aromatic rings. The quantitative estimate of drug-likeness (QED) is 0.169. The van der Waals surface area contributed by atoms with E-state index in [4.69, 9.17) is 4.42 Å². The van der Waals surface area contributed by atoms with Crippen molar-refractivity contribution in [1.29, 1.82) is 0 Å². The molecule has 5 heteroatoms.